The molecule has 118 heavy (non-hydrogen) atoms. The van der Waals surface area contributed by atoms with Gasteiger partial charge in [0.05, 0.1) is 0 Å². The molecule has 0 aromatic heterocycles. The first-order valence-corrected chi connectivity index (χ1v) is 41.7. The van der Waals surface area contributed by atoms with Gasteiger partial charge in [-0.1, -0.05) is 377 Å². The van der Waals surface area contributed by atoms with Crippen molar-refractivity contribution in [3.8, 4) is 77.9 Å². The maximum absolute atomic E-state index is 9.52. The number of rotatable bonds is 6. The van der Waals surface area contributed by atoms with Crippen LogP contribution in [0.3, 0.4) is 0 Å². The molecule has 2 aliphatic rings. The maximum Gasteiger partial charge on any atom is 0.488 e. The third kappa shape index (κ3) is 11.4. The first kappa shape index (κ1) is 71.0. The third-order valence-corrected chi connectivity index (χ3v) is 26.5. The van der Waals surface area contributed by atoms with E-state index in [0.717, 1.165) is 15.6 Å². The van der Waals surface area contributed by atoms with Crippen molar-refractivity contribution in [2.45, 2.75) is 38.5 Å². The lowest BCUT2D eigenvalue weighted by atomic mass is 9.79. The van der Waals surface area contributed by atoms with Gasteiger partial charge in [0.1, 0.15) is 0 Å². The Morgan fingerprint density at radius 1 is 0.195 bits per heavy atom. The second-order valence-electron chi connectivity index (χ2n) is 33.1. The second-order valence-corrected chi connectivity index (χ2v) is 34.1. The SMILES string of the molecule is CC1(C)c2ccccc2-c2cc3c4ccccc4c4cc(-c5ccc(-c6c7ccccc7c(-c7ccc8ccccc8c7)c7ccccc67)cc5)ccc4c3cc21.CC1(C)c2ccccc2-c2cc3c4ccccc4c4cc(Br)ccc4c3cc21.OB(O)c1ccc(-c2c3ccccc3c(-c3ccc4ccccc4c3)c3ccccc23)cc1. The van der Waals surface area contributed by atoms with E-state index in [1.807, 2.05) is 12.1 Å². The molecular weight excluding hydrogens is 1490 g/mol. The number of hydrogen-bond acceptors (Lipinski definition) is 2. The molecule has 0 unspecified atom stereocenters. The van der Waals surface area contributed by atoms with Crippen molar-refractivity contribution in [2.75, 3.05) is 0 Å². The average Bonchev–Trinajstić information content (AvgIpc) is 1.47. The number of halogens is 1. The summed E-state index contributed by atoms with van der Waals surface area (Å²) in [5.74, 6) is 0. The fourth-order valence-corrected chi connectivity index (χ4v) is 20.7. The minimum Gasteiger partial charge on any atom is -0.423 e. The highest BCUT2D eigenvalue weighted by molar-refractivity contribution is 9.10. The van der Waals surface area contributed by atoms with Crippen LogP contribution in [0.1, 0.15) is 49.9 Å². The molecule has 24 rings (SSSR count). The molecule has 0 saturated heterocycles. The van der Waals surface area contributed by atoms with Gasteiger partial charge < -0.3 is 10.0 Å². The van der Waals surface area contributed by atoms with Gasteiger partial charge in [0.2, 0.25) is 0 Å². The van der Waals surface area contributed by atoms with Crippen LogP contribution >= 0.6 is 15.9 Å². The average molecular weight is 1570 g/mol. The van der Waals surface area contributed by atoms with Gasteiger partial charge in [-0.25, -0.2) is 0 Å². The fourth-order valence-electron chi connectivity index (χ4n) is 20.3. The Morgan fingerprint density at radius 3 is 0.873 bits per heavy atom. The summed E-state index contributed by atoms with van der Waals surface area (Å²) in [6.45, 7) is 9.45. The van der Waals surface area contributed by atoms with Crippen LogP contribution in [0.15, 0.2) is 393 Å². The zero-order chi connectivity index (χ0) is 79.2. The van der Waals surface area contributed by atoms with Crippen LogP contribution in [-0.2, 0) is 10.8 Å². The van der Waals surface area contributed by atoms with Crippen molar-refractivity contribution in [1.82, 2.24) is 0 Å². The maximum atomic E-state index is 9.52. The Balaban J connectivity index is 0.000000117. The lowest BCUT2D eigenvalue weighted by molar-refractivity contribution is 0.426. The standard InChI is InChI=1S/C57H38.C30H21BO2.C27H19Br/c1-57(2)53-22-12-11-17-44(53)52-33-50-42-16-6-5-15-41(42)49-32-39(29-30-43(49)51(50)34-54(52)57)36-23-26-37(27-24-36)55-45-18-7-9-20-47(45)56(48-21-10-8-19-46(48)55)40-28-25-35-13-3-4-14-38(35)31-40;32-31(33)24-17-15-21(16-18-24)29-25-9-3-5-11-27(25)30(28-12-6-4-10-26(28)29)23-14-13-20-7-1-2-8-22(20)19-23;1-27(2)25-10-6-5-9-20(25)24-14-22-18-8-4-3-7-17(18)21-13-16(28)11-12-19(21)23(22)15-26(24)27/h3-34H,1-2H3;1-19,32-33H;3-15H,1-2H3. The molecular formula is C114H78BBrO2. The van der Waals surface area contributed by atoms with Gasteiger partial charge in [-0.2, -0.15) is 0 Å². The highest BCUT2D eigenvalue weighted by Gasteiger charge is 2.38. The number of fused-ring (bicyclic) bond motifs is 24. The zero-order valence-corrected chi connectivity index (χ0v) is 67.4. The molecule has 2 nitrogen and oxygen atoms in total. The second kappa shape index (κ2) is 27.8. The molecule has 22 aromatic rings. The zero-order valence-electron chi connectivity index (χ0n) is 65.8. The summed E-state index contributed by atoms with van der Waals surface area (Å²) in [5.41, 5.74) is 23.8. The minimum atomic E-state index is -1.47. The van der Waals surface area contributed by atoms with Crippen molar-refractivity contribution in [3.05, 3.63) is 415 Å². The first-order chi connectivity index (χ1) is 57.8. The fraction of sp³-hybridized carbons (Fsp3) is 0.0526. The van der Waals surface area contributed by atoms with E-state index in [0.29, 0.717) is 5.46 Å². The van der Waals surface area contributed by atoms with E-state index in [-0.39, 0.29) is 10.8 Å². The summed E-state index contributed by atoms with van der Waals surface area (Å²) >= 11 is 3.67. The number of hydrogen-bond donors (Lipinski definition) is 2. The molecule has 0 amide bonds. The van der Waals surface area contributed by atoms with E-state index in [1.165, 1.54) is 218 Å². The van der Waals surface area contributed by atoms with Gasteiger partial charge in [-0.15, -0.1) is 0 Å². The van der Waals surface area contributed by atoms with E-state index >= 15 is 0 Å². The van der Waals surface area contributed by atoms with Crippen LogP contribution in [0.2, 0.25) is 0 Å². The van der Waals surface area contributed by atoms with Crippen molar-refractivity contribution in [1.29, 1.82) is 0 Å². The van der Waals surface area contributed by atoms with Crippen LogP contribution in [0.4, 0.5) is 0 Å². The molecule has 0 fully saturated rings. The molecule has 556 valence electrons. The molecule has 0 heterocycles. The Morgan fingerprint density at radius 2 is 0.475 bits per heavy atom. The van der Waals surface area contributed by atoms with E-state index in [4.69, 9.17) is 0 Å². The monoisotopic (exact) mass is 1570 g/mol. The van der Waals surface area contributed by atoms with E-state index in [9.17, 15) is 10.0 Å². The van der Waals surface area contributed by atoms with Gasteiger partial charge in [-0.05, 0) is 289 Å². The molecule has 0 spiro atoms. The summed E-state index contributed by atoms with van der Waals surface area (Å²) in [6, 6.07) is 142. The molecule has 0 aliphatic heterocycles. The molecule has 22 aromatic carbocycles. The van der Waals surface area contributed by atoms with Gasteiger partial charge >= 0.3 is 7.12 Å². The topological polar surface area (TPSA) is 40.5 Å². The molecule has 0 radical (unpaired) electrons. The summed E-state index contributed by atoms with van der Waals surface area (Å²) in [5, 5.41) is 49.7. The highest BCUT2D eigenvalue weighted by atomic mass is 79.9. The predicted molar refractivity (Wildman–Crippen MR) is 509 cm³/mol. The van der Waals surface area contributed by atoms with Gasteiger partial charge in [0, 0.05) is 15.3 Å². The highest BCUT2D eigenvalue weighted by Crippen LogP contribution is 2.55. The van der Waals surface area contributed by atoms with E-state index in [2.05, 4.69) is 408 Å². The molecule has 2 aliphatic carbocycles. The van der Waals surface area contributed by atoms with Crippen LogP contribution in [0.5, 0.6) is 0 Å². The number of benzene rings is 22. The smallest absolute Gasteiger partial charge is 0.423 e. The molecule has 0 atom stereocenters. The van der Waals surface area contributed by atoms with Gasteiger partial charge in [0.25, 0.3) is 0 Å². The Labute approximate surface area is 694 Å². The lowest BCUT2D eigenvalue weighted by Gasteiger charge is -2.22. The normalized spacial score (nSPS) is 13.0. The van der Waals surface area contributed by atoms with Crippen molar-refractivity contribution in [2.24, 2.45) is 0 Å². The molecule has 4 heteroatoms. The summed E-state index contributed by atoms with van der Waals surface area (Å²) in [4.78, 5) is 0. The van der Waals surface area contributed by atoms with Crippen molar-refractivity contribution < 1.29 is 10.0 Å². The Kier molecular flexibility index (Phi) is 16.8. The van der Waals surface area contributed by atoms with Crippen molar-refractivity contribution in [3.63, 3.8) is 0 Å². The first-order valence-electron chi connectivity index (χ1n) is 40.9. The summed E-state index contributed by atoms with van der Waals surface area (Å²) in [7, 11) is -1.47. The predicted octanol–water partition coefficient (Wildman–Crippen LogP) is 30.3. The van der Waals surface area contributed by atoms with Crippen LogP contribution < -0.4 is 5.46 Å². The van der Waals surface area contributed by atoms with E-state index < -0.39 is 7.12 Å². The van der Waals surface area contributed by atoms with Crippen LogP contribution in [0.25, 0.3) is 207 Å². The van der Waals surface area contributed by atoms with Gasteiger partial charge in [-0.3, -0.25) is 0 Å². The summed E-state index contributed by atoms with van der Waals surface area (Å²) in [6.07, 6.45) is 0. The largest absolute Gasteiger partial charge is 0.488 e. The Bertz CT molecular complexity index is 7860. The van der Waals surface area contributed by atoms with Crippen LogP contribution in [0, 0.1) is 0 Å². The summed E-state index contributed by atoms with van der Waals surface area (Å²) < 4.78 is 1.12. The van der Waals surface area contributed by atoms with Crippen LogP contribution in [-0.4, -0.2) is 17.2 Å². The minimum absolute atomic E-state index is 0.0213. The molecule has 2 N–H and O–H groups in total. The third-order valence-electron chi connectivity index (χ3n) is 26.0. The quantitative estimate of drug-likeness (QED) is 0.0990. The molecule has 0 bridgehead atoms. The van der Waals surface area contributed by atoms with Gasteiger partial charge in [0.15, 0.2) is 0 Å². The van der Waals surface area contributed by atoms with Crippen molar-refractivity contribution >= 4 is 158 Å². The van der Waals surface area contributed by atoms with E-state index in [1.54, 1.807) is 12.1 Å². The Hall–Kier alpha value is -13.6. The lowest BCUT2D eigenvalue weighted by Crippen LogP contribution is -2.29. The molecule has 0 saturated carbocycles.